The molecular formula is C13H15N5S. The van der Waals surface area contributed by atoms with Gasteiger partial charge in [0.25, 0.3) is 0 Å². The van der Waals surface area contributed by atoms with Crippen molar-refractivity contribution in [1.29, 1.82) is 0 Å². The molecule has 0 spiro atoms. The van der Waals surface area contributed by atoms with E-state index in [1.807, 2.05) is 28.8 Å². The highest BCUT2D eigenvalue weighted by atomic mass is 32.2. The van der Waals surface area contributed by atoms with Crippen LogP contribution in [0.3, 0.4) is 0 Å². The standard InChI is InChI=1S/C13H15N5S/c1-10(2)18-9-14-16-13(18)19-8-11-7-17-6-4-3-5-12(17)15-11/h3-7,9-10H,8H2,1-2H3. The molecule has 0 aliphatic rings. The molecule has 0 amide bonds. The van der Waals surface area contributed by atoms with Crippen LogP contribution in [0.15, 0.2) is 42.1 Å². The van der Waals surface area contributed by atoms with Crippen LogP contribution in [0, 0.1) is 0 Å². The second kappa shape index (κ2) is 5.05. The van der Waals surface area contributed by atoms with E-state index in [9.17, 15) is 0 Å². The van der Waals surface area contributed by atoms with Crippen molar-refractivity contribution >= 4 is 17.4 Å². The number of nitrogens with zero attached hydrogens (tertiary/aromatic N) is 5. The van der Waals surface area contributed by atoms with Gasteiger partial charge in [-0.2, -0.15) is 0 Å². The SMILES string of the molecule is CC(C)n1cnnc1SCc1cn2ccccc2n1. The first-order valence-corrected chi connectivity index (χ1v) is 7.17. The zero-order valence-corrected chi connectivity index (χ0v) is 11.7. The molecule has 3 aromatic rings. The minimum absolute atomic E-state index is 0.374. The van der Waals surface area contributed by atoms with Gasteiger partial charge in [0, 0.05) is 24.2 Å². The van der Waals surface area contributed by atoms with Crippen molar-refractivity contribution in [3.63, 3.8) is 0 Å². The van der Waals surface area contributed by atoms with E-state index in [4.69, 9.17) is 0 Å². The third kappa shape index (κ3) is 2.49. The number of fused-ring (bicyclic) bond motifs is 1. The number of hydrogen-bond donors (Lipinski definition) is 0. The first kappa shape index (κ1) is 12.2. The Morgan fingerprint density at radius 2 is 2.21 bits per heavy atom. The molecule has 3 aromatic heterocycles. The van der Waals surface area contributed by atoms with Crippen LogP contribution in [0.5, 0.6) is 0 Å². The largest absolute Gasteiger partial charge is 0.307 e. The van der Waals surface area contributed by atoms with Gasteiger partial charge < -0.3 is 8.97 Å². The van der Waals surface area contributed by atoms with Crippen molar-refractivity contribution in [3.8, 4) is 0 Å². The van der Waals surface area contributed by atoms with E-state index in [2.05, 4.69) is 39.8 Å². The van der Waals surface area contributed by atoms with E-state index in [1.54, 1.807) is 18.1 Å². The molecule has 0 bridgehead atoms. The minimum atomic E-state index is 0.374. The molecule has 0 aliphatic carbocycles. The summed E-state index contributed by atoms with van der Waals surface area (Å²) in [6, 6.07) is 6.37. The quantitative estimate of drug-likeness (QED) is 0.686. The van der Waals surface area contributed by atoms with E-state index < -0.39 is 0 Å². The van der Waals surface area contributed by atoms with Gasteiger partial charge in [-0.25, -0.2) is 4.98 Å². The Morgan fingerprint density at radius 1 is 1.32 bits per heavy atom. The third-order valence-corrected chi connectivity index (χ3v) is 3.85. The van der Waals surface area contributed by atoms with Crippen molar-refractivity contribution in [1.82, 2.24) is 24.1 Å². The second-order valence-electron chi connectivity index (χ2n) is 4.60. The van der Waals surface area contributed by atoms with Gasteiger partial charge in [-0.1, -0.05) is 17.8 Å². The Kier molecular flexibility index (Phi) is 3.25. The van der Waals surface area contributed by atoms with Crippen molar-refractivity contribution < 1.29 is 0 Å². The molecule has 0 saturated carbocycles. The van der Waals surface area contributed by atoms with E-state index >= 15 is 0 Å². The molecule has 0 N–H and O–H groups in total. The van der Waals surface area contributed by atoms with Gasteiger partial charge in [-0.3, -0.25) is 0 Å². The normalized spacial score (nSPS) is 11.5. The molecule has 0 saturated heterocycles. The first-order chi connectivity index (χ1) is 9.24. The van der Waals surface area contributed by atoms with Crippen LogP contribution >= 0.6 is 11.8 Å². The average molecular weight is 273 g/mol. The fourth-order valence-electron chi connectivity index (χ4n) is 1.88. The van der Waals surface area contributed by atoms with Crippen molar-refractivity contribution in [2.75, 3.05) is 0 Å². The predicted octanol–water partition coefficient (Wildman–Crippen LogP) is 2.80. The van der Waals surface area contributed by atoms with Gasteiger partial charge in [0.1, 0.15) is 12.0 Å². The van der Waals surface area contributed by atoms with Crippen LogP contribution in [0.1, 0.15) is 25.6 Å². The summed E-state index contributed by atoms with van der Waals surface area (Å²) in [5.74, 6) is 0.799. The molecule has 0 atom stereocenters. The summed E-state index contributed by atoms with van der Waals surface area (Å²) >= 11 is 1.66. The maximum atomic E-state index is 4.57. The van der Waals surface area contributed by atoms with Gasteiger partial charge in [0.05, 0.1) is 5.69 Å². The molecule has 0 aromatic carbocycles. The number of aromatic nitrogens is 5. The number of rotatable bonds is 4. The van der Waals surface area contributed by atoms with Crippen LogP contribution in [0.4, 0.5) is 0 Å². The zero-order chi connectivity index (χ0) is 13.2. The van der Waals surface area contributed by atoms with Gasteiger partial charge in [-0.05, 0) is 26.0 Å². The Morgan fingerprint density at radius 3 is 3.00 bits per heavy atom. The average Bonchev–Trinajstić information content (AvgIpc) is 3.02. The Balaban J connectivity index is 1.76. The molecule has 19 heavy (non-hydrogen) atoms. The van der Waals surface area contributed by atoms with Gasteiger partial charge in [0.15, 0.2) is 5.16 Å². The molecule has 98 valence electrons. The second-order valence-corrected chi connectivity index (χ2v) is 5.54. The lowest BCUT2D eigenvalue weighted by molar-refractivity contribution is 0.549. The van der Waals surface area contributed by atoms with E-state index in [0.29, 0.717) is 6.04 Å². The first-order valence-electron chi connectivity index (χ1n) is 6.19. The van der Waals surface area contributed by atoms with E-state index in [1.165, 1.54) is 0 Å². The topological polar surface area (TPSA) is 48.0 Å². The molecule has 0 radical (unpaired) electrons. The summed E-state index contributed by atoms with van der Waals surface area (Å²) < 4.78 is 4.10. The highest BCUT2D eigenvalue weighted by Crippen LogP contribution is 2.22. The fraction of sp³-hybridized carbons (Fsp3) is 0.308. The molecule has 5 nitrogen and oxygen atoms in total. The minimum Gasteiger partial charge on any atom is -0.307 e. The number of thioether (sulfide) groups is 1. The summed E-state index contributed by atoms with van der Waals surface area (Å²) in [5, 5.41) is 9.05. The van der Waals surface area contributed by atoms with Crippen LogP contribution in [-0.2, 0) is 5.75 Å². The summed E-state index contributed by atoms with van der Waals surface area (Å²) in [6.45, 7) is 4.25. The van der Waals surface area contributed by atoms with Crippen molar-refractivity contribution in [2.24, 2.45) is 0 Å². The predicted molar refractivity (Wildman–Crippen MR) is 75.2 cm³/mol. The molecular weight excluding hydrogens is 258 g/mol. The third-order valence-electron chi connectivity index (χ3n) is 2.86. The highest BCUT2D eigenvalue weighted by molar-refractivity contribution is 7.98. The van der Waals surface area contributed by atoms with Gasteiger partial charge >= 0.3 is 0 Å². The summed E-state index contributed by atoms with van der Waals surface area (Å²) in [7, 11) is 0. The van der Waals surface area contributed by atoms with Crippen LogP contribution in [0.25, 0.3) is 5.65 Å². The van der Waals surface area contributed by atoms with Crippen LogP contribution < -0.4 is 0 Å². The maximum absolute atomic E-state index is 4.57. The number of pyridine rings is 1. The van der Waals surface area contributed by atoms with E-state index in [-0.39, 0.29) is 0 Å². The summed E-state index contributed by atoms with van der Waals surface area (Å²) in [5.41, 5.74) is 2.03. The Labute approximate surface area is 115 Å². The lowest BCUT2D eigenvalue weighted by Crippen LogP contribution is -2.00. The van der Waals surface area contributed by atoms with Crippen molar-refractivity contribution in [2.45, 2.75) is 30.8 Å². The number of imidazole rings is 1. The van der Waals surface area contributed by atoms with E-state index in [0.717, 1.165) is 22.3 Å². The zero-order valence-electron chi connectivity index (χ0n) is 10.9. The molecule has 3 rings (SSSR count). The Hall–Kier alpha value is -1.82. The van der Waals surface area contributed by atoms with Gasteiger partial charge in [-0.15, -0.1) is 10.2 Å². The number of hydrogen-bond acceptors (Lipinski definition) is 4. The maximum Gasteiger partial charge on any atom is 0.191 e. The lowest BCUT2D eigenvalue weighted by atomic mass is 10.4. The molecule has 6 heteroatoms. The van der Waals surface area contributed by atoms with Gasteiger partial charge in [0.2, 0.25) is 0 Å². The Bertz CT molecular complexity index is 652. The van der Waals surface area contributed by atoms with Crippen molar-refractivity contribution in [3.05, 3.63) is 42.6 Å². The monoisotopic (exact) mass is 273 g/mol. The molecule has 0 unspecified atom stereocenters. The molecule has 0 fully saturated rings. The lowest BCUT2D eigenvalue weighted by Gasteiger charge is -2.08. The molecule has 3 heterocycles. The summed E-state index contributed by atoms with van der Waals surface area (Å²) in [6.07, 6.45) is 5.84. The highest BCUT2D eigenvalue weighted by Gasteiger charge is 2.09. The summed E-state index contributed by atoms with van der Waals surface area (Å²) in [4.78, 5) is 4.57. The smallest absolute Gasteiger partial charge is 0.191 e. The molecule has 0 aliphatic heterocycles. The van der Waals surface area contributed by atoms with Crippen LogP contribution in [0.2, 0.25) is 0 Å². The fourth-order valence-corrected chi connectivity index (χ4v) is 2.81. The van der Waals surface area contributed by atoms with Crippen LogP contribution in [-0.4, -0.2) is 24.1 Å².